The maximum absolute atomic E-state index is 11.1. The van der Waals surface area contributed by atoms with Gasteiger partial charge in [-0.15, -0.1) is 24.0 Å². The molecule has 0 aliphatic heterocycles. The van der Waals surface area contributed by atoms with E-state index < -0.39 is 10.0 Å². The van der Waals surface area contributed by atoms with Gasteiger partial charge in [0.05, 0.1) is 11.4 Å². The van der Waals surface area contributed by atoms with Crippen LogP contribution in [0.1, 0.15) is 25.8 Å². The van der Waals surface area contributed by atoms with E-state index in [-0.39, 0.29) is 28.9 Å². The zero-order valence-corrected chi connectivity index (χ0v) is 15.4. The number of nitrogens with zero attached hydrogens (tertiary/aromatic N) is 1. The van der Waals surface area contributed by atoms with Gasteiger partial charge in [0.1, 0.15) is 0 Å². The Morgan fingerprint density at radius 2 is 1.86 bits per heavy atom. The highest BCUT2D eigenvalue weighted by Crippen LogP contribution is 2.09. The lowest BCUT2D eigenvalue weighted by molar-refractivity contribution is 0.576. The SMILES string of the molecule is CC(C)CCNC(N)=NCc1ccc(S(N)(=O)=O)cc1.I. The van der Waals surface area contributed by atoms with Gasteiger partial charge in [-0.25, -0.2) is 18.5 Å². The van der Waals surface area contributed by atoms with Gasteiger partial charge in [-0.3, -0.25) is 0 Å². The number of hydrogen-bond donors (Lipinski definition) is 3. The largest absolute Gasteiger partial charge is 0.370 e. The molecule has 1 aromatic carbocycles. The molecule has 0 saturated heterocycles. The molecule has 1 aromatic rings. The van der Waals surface area contributed by atoms with Crippen molar-refractivity contribution in [3.05, 3.63) is 29.8 Å². The molecule has 5 N–H and O–H groups in total. The van der Waals surface area contributed by atoms with Gasteiger partial charge < -0.3 is 11.1 Å². The van der Waals surface area contributed by atoms with Crippen LogP contribution < -0.4 is 16.2 Å². The molecule has 6 nitrogen and oxygen atoms in total. The lowest BCUT2D eigenvalue weighted by Gasteiger charge is -2.07. The maximum Gasteiger partial charge on any atom is 0.238 e. The van der Waals surface area contributed by atoms with Crippen molar-refractivity contribution in [2.45, 2.75) is 31.7 Å². The molecule has 0 fully saturated rings. The second-order valence-corrected chi connectivity index (χ2v) is 6.56. The van der Waals surface area contributed by atoms with Crippen molar-refractivity contribution in [1.29, 1.82) is 0 Å². The molecule has 0 unspecified atom stereocenters. The average Bonchev–Trinajstić information content (AvgIpc) is 2.35. The highest BCUT2D eigenvalue weighted by Gasteiger charge is 2.06. The number of guanidine groups is 1. The van der Waals surface area contributed by atoms with Gasteiger partial charge in [-0.1, -0.05) is 26.0 Å². The van der Waals surface area contributed by atoms with Crippen molar-refractivity contribution in [3.63, 3.8) is 0 Å². The van der Waals surface area contributed by atoms with E-state index in [9.17, 15) is 8.42 Å². The van der Waals surface area contributed by atoms with Crippen LogP contribution >= 0.6 is 24.0 Å². The van der Waals surface area contributed by atoms with Crippen LogP contribution in [0.2, 0.25) is 0 Å². The number of benzene rings is 1. The lowest BCUT2D eigenvalue weighted by Crippen LogP contribution is -2.32. The van der Waals surface area contributed by atoms with Crippen molar-refractivity contribution >= 4 is 40.0 Å². The highest BCUT2D eigenvalue weighted by atomic mass is 127. The summed E-state index contributed by atoms with van der Waals surface area (Å²) in [6.45, 7) is 5.47. The Kier molecular flexibility index (Phi) is 8.83. The monoisotopic (exact) mass is 426 g/mol. The molecule has 1 rings (SSSR count). The van der Waals surface area contributed by atoms with E-state index in [1.807, 2.05) is 0 Å². The summed E-state index contributed by atoms with van der Waals surface area (Å²) in [6, 6.07) is 6.26. The quantitative estimate of drug-likeness (QED) is 0.363. The van der Waals surface area contributed by atoms with Crippen LogP contribution in [-0.4, -0.2) is 20.9 Å². The number of aliphatic imine (C=N–C) groups is 1. The normalized spacial score (nSPS) is 12.1. The van der Waals surface area contributed by atoms with E-state index >= 15 is 0 Å². The third kappa shape index (κ3) is 8.22. The minimum atomic E-state index is -3.64. The van der Waals surface area contributed by atoms with Crippen molar-refractivity contribution in [2.24, 2.45) is 21.8 Å². The van der Waals surface area contributed by atoms with Crippen molar-refractivity contribution in [2.75, 3.05) is 6.54 Å². The zero-order valence-electron chi connectivity index (χ0n) is 12.2. The predicted molar refractivity (Wildman–Crippen MR) is 96.0 cm³/mol. The summed E-state index contributed by atoms with van der Waals surface area (Å²) < 4.78 is 22.2. The third-order valence-electron chi connectivity index (χ3n) is 2.71. The number of primary sulfonamides is 1. The Hall–Kier alpha value is -0.870. The first-order chi connectivity index (χ1) is 9.29. The Balaban J connectivity index is 0.00000400. The molecule has 0 heterocycles. The maximum atomic E-state index is 11.1. The van der Waals surface area contributed by atoms with E-state index in [4.69, 9.17) is 10.9 Å². The Labute approximate surface area is 143 Å². The number of hydrogen-bond acceptors (Lipinski definition) is 3. The Bertz CT molecular complexity index is 556. The molecular formula is C13H23IN4O2S. The van der Waals surface area contributed by atoms with Gasteiger partial charge >= 0.3 is 0 Å². The molecule has 0 aliphatic carbocycles. The van der Waals surface area contributed by atoms with Crippen LogP contribution in [-0.2, 0) is 16.6 Å². The number of rotatable bonds is 6. The van der Waals surface area contributed by atoms with Crippen LogP contribution in [0.3, 0.4) is 0 Å². The molecule has 0 aliphatic rings. The van der Waals surface area contributed by atoms with E-state index in [2.05, 4.69) is 24.2 Å². The fourth-order valence-corrected chi connectivity index (χ4v) is 2.02. The van der Waals surface area contributed by atoms with E-state index in [1.165, 1.54) is 12.1 Å². The fourth-order valence-electron chi connectivity index (χ4n) is 1.51. The molecule has 0 atom stereocenters. The molecule has 0 radical (unpaired) electrons. The van der Waals surface area contributed by atoms with E-state index in [1.54, 1.807) is 12.1 Å². The zero-order chi connectivity index (χ0) is 15.2. The minimum absolute atomic E-state index is 0. The second kappa shape index (κ2) is 9.21. The van der Waals surface area contributed by atoms with Crippen LogP contribution in [0.15, 0.2) is 34.2 Å². The molecule has 120 valence electrons. The smallest absolute Gasteiger partial charge is 0.238 e. The van der Waals surface area contributed by atoms with E-state index in [0.717, 1.165) is 18.5 Å². The van der Waals surface area contributed by atoms with Gasteiger partial charge in [0, 0.05) is 6.54 Å². The van der Waals surface area contributed by atoms with E-state index in [0.29, 0.717) is 18.4 Å². The fraction of sp³-hybridized carbons (Fsp3) is 0.462. The molecule has 0 spiro atoms. The van der Waals surface area contributed by atoms with Crippen molar-refractivity contribution in [3.8, 4) is 0 Å². The topological polar surface area (TPSA) is 111 Å². The summed E-state index contributed by atoms with van der Waals surface area (Å²) in [4.78, 5) is 4.28. The van der Waals surface area contributed by atoms with Crippen LogP contribution in [0, 0.1) is 5.92 Å². The first kappa shape index (κ1) is 20.1. The Morgan fingerprint density at radius 1 is 1.29 bits per heavy atom. The van der Waals surface area contributed by atoms with Gasteiger partial charge in [-0.2, -0.15) is 0 Å². The molecule has 0 amide bonds. The second-order valence-electron chi connectivity index (χ2n) is 5.00. The summed E-state index contributed by atoms with van der Waals surface area (Å²) in [7, 11) is -3.64. The highest BCUT2D eigenvalue weighted by molar-refractivity contribution is 14.0. The molecule has 8 heteroatoms. The summed E-state index contributed by atoms with van der Waals surface area (Å²) in [6.07, 6.45) is 1.03. The Morgan fingerprint density at radius 3 is 2.33 bits per heavy atom. The third-order valence-corrected chi connectivity index (χ3v) is 3.64. The summed E-state index contributed by atoms with van der Waals surface area (Å²) >= 11 is 0. The standard InChI is InChI=1S/C13H22N4O2S.HI/c1-10(2)7-8-16-13(14)17-9-11-3-5-12(6-4-11)20(15,18)19;/h3-6,10H,7-9H2,1-2H3,(H3,14,16,17)(H2,15,18,19);1H. The molecule has 21 heavy (non-hydrogen) atoms. The molecular weight excluding hydrogens is 403 g/mol. The first-order valence-corrected chi connectivity index (χ1v) is 7.99. The average molecular weight is 426 g/mol. The lowest BCUT2D eigenvalue weighted by atomic mass is 10.1. The van der Waals surface area contributed by atoms with Gasteiger partial charge in [0.2, 0.25) is 10.0 Å². The van der Waals surface area contributed by atoms with Crippen LogP contribution in [0.5, 0.6) is 0 Å². The van der Waals surface area contributed by atoms with Crippen LogP contribution in [0.4, 0.5) is 0 Å². The van der Waals surface area contributed by atoms with Crippen LogP contribution in [0.25, 0.3) is 0 Å². The number of nitrogens with two attached hydrogens (primary N) is 2. The minimum Gasteiger partial charge on any atom is -0.370 e. The molecule has 0 bridgehead atoms. The summed E-state index contributed by atoms with van der Waals surface area (Å²) in [5, 5.41) is 8.05. The number of nitrogens with one attached hydrogen (secondary N) is 1. The number of sulfonamides is 1. The summed E-state index contributed by atoms with van der Waals surface area (Å²) in [5.41, 5.74) is 6.60. The first-order valence-electron chi connectivity index (χ1n) is 6.44. The molecule has 0 aromatic heterocycles. The van der Waals surface area contributed by atoms with Crippen molar-refractivity contribution in [1.82, 2.24) is 5.32 Å². The summed E-state index contributed by atoms with van der Waals surface area (Å²) in [5.74, 6) is 1.00. The molecule has 0 saturated carbocycles. The van der Waals surface area contributed by atoms with Gasteiger partial charge in [-0.05, 0) is 30.0 Å². The predicted octanol–water partition coefficient (Wildman–Crippen LogP) is 1.40. The van der Waals surface area contributed by atoms with Gasteiger partial charge in [0.15, 0.2) is 5.96 Å². The van der Waals surface area contributed by atoms with Gasteiger partial charge in [0.25, 0.3) is 0 Å². The van der Waals surface area contributed by atoms with Crippen molar-refractivity contribution < 1.29 is 8.42 Å². The number of halogens is 1.